The molecule has 0 fully saturated rings. The molecule has 3 aromatic rings. The number of para-hydroxylation sites is 1. The van der Waals surface area contributed by atoms with E-state index in [1.807, 2.05) is 12.3 Å². The summed E-state index contributed by atoms with van der Waals surface area (Å²) < 4.78 is 2.35. The lowest BCUT2D eigenvalue weighted by atomic mass is 10.1. The highest BCUT2D eigenvalue weighted by atomic mass is 15.2. The fourth-order valence-electron chi connectivity index (χ4n) is 3.33. The lowest BCUT2D eigenvalue weighted by Crippen LogP contribution is -2.33. The summed E-state index contributed by atoms with van der Waals surface area (Å²) in [5.74, 6) is 1.19. The highest BCUT2D eigenvalue weighted by Gasteiger charge is 2.20. The molecule has 4 heteroatoms. The van der Waals surface area contributed by atoms with Crippen LogP contribution in [-0.4, -0.2) is 26.0 Å². The summed E-state index contributed by atoms with van der Waals surface area (Å²) in [6.45, 7) is 8.19. The molecule has 22 heavy (non-hydrogen) atoms. The molecule has 1 aliphatic rings. The fourth-order valence-corrected chi connectivity index (χ4v) is 3.33. The summed E-state index contributed by atoms with van der Waals surface area (Å²) in [7, 11) is 0. The van der Waals surface area contributed by atoms with E-state index in [1.54, 1.807) is 0 Å². The zero-order valence-electron chi connectivity index (χ0n) is 13.1. The minimum absolute atomic E-state index is 0.915. The van der Waals surface area contributed by atoms with E-state index in [2.05, 4.69) is 52.6 Å². The molecule has 0 unspecified atom stereocenters. The summed E-state index contributed by atoms with van der Waals surface area (Å²) in [6.07, 6.45) is 1.88. The van der Waals surface area contributed by atoms with Crippen LogP contribution in [0.15, 0.2) is 36.5 Å². The van der Waals surface area contributed by atoms with Gasteiger partial charge in [-0.1, -0.05) is 24.3 Å². The summed E-state index contributed by atoms with van der Waals surface area (Å²) in [5.41, 5.74) is 4.88. The third-order valence-corrected chi connectivity index (χ3v) is 4.65. The van der Waals surface area contributed by atoms with Crippen molar-refractivity contribution >= 4 is 10.9 Å². The maximum Gasteiger partial charge on any atom is 0.123 e. The molecular weight excluding hydrogens is 272 g/mol. The minimum atomic E-state index is 0.915. The second kappa shape index (κ2) is 5.21. The van der Waals surface area contributed by atoms with Gasteiger partial charge in [-0.05, 0) is 25.5 Å². The van der Waals surface area contributed by atoms with E-state index in [1.165, 1.54) is 22.5 Å². The summed E-state index contributed by atoms with van der Waals surface area (Å²) in [5, 5.41) is 1.21. The Balaban J connectivity index is 1.62. The second-order valence-electron chi connectivity index (χ2n) is 6.05. The third kappa shape index (κ3) is 2.20. The lowest BCUT2D eigenvalue weighted by molar-refractivity contribution is 0.208. The number of benzene rings is 1. The molecule has 3 heterocycles. The van der Waals surface area contributed by atoms with Gasteiger partial charge in [0, 0.05) is 36.9 Å². The van der Waals surface area contributed by atoms with Crippen molar-refractivity contribution in [2.24, 2.45) is 0 Å². The molecule has 0 N–H and O–H groups in total. The van der Waals surface area contributed by atoms with E-state index in [0.29, 0.717) is 0 Å². The average molecular weight is 292 g/mol. The predicted molar refractivity (Wildman–Crippen MR) is 87.6 cm³/mol. The first-order chi connectivity index (χ1) is 10.7. The van der Waals surface area contributed by atoms with Crippen LogP contribution in [0.4, 0.5) is 0 Å². The largest absolute Gasteiger partial charge is 0.330 e. The number of aryl methyl sites for hydroxylation is 1. The molecule has 4 nitrogen and oxygen atoms in total. The standard InChI is InChI=1S/C18H20N4/c1-13-14(2)22-10-9-21(12-17(22)20-13)11-16-6-3-5-15-7-4-8-19-18(15)16/h3-8H,9-12H2,1-2H3. The lowest BCUT2D eigenvalue weighted by Gasteiger charge is -2.28. The van der Waals surface area contributed by atoms with Crippen LogP contribution in [0.3, 0.4) is 0 Å². The van der Waals surface area contributed by atoms with Gasteiger partial charge in [-0.3, -0.25) is 9.88 Å². The van der Waals surface area contributed by atoms with Crippen LogP contribution in [0.1, 0.15) is 22.8 Å². The molecule has 2 aromatic heterocycles. The van der Waals surface area contributed by atoms with Crippen LogP contribution in [0.25, 0.3) is 10.9 Å². The Kier molecular flexibility index (Phi) is 3.19. The number of nitrogens with zero attached hydrogens (tertiary/aromatic N) is 4. The number of fused-ring (bicyclic) bond motifs is 2. The number of hydrogen-bond donors (Lipinski definition) is 0. The molecule has 0 aliphatic carbocycles. The van der Waals surface area contributed by atoms with Gasteiger partial charge < -0.3 is 4.57 Å². The van der Waals surface area contributed by atoms with E-state index in [0.717, 1.165) is 37.4 Å². The van der Waals surface area contributed by atoms with Crippen LogP contribution >= 0.6 is 0 Å². The first kappa shape index (κ1) is 13.5. The molecule has 4 rings (SSSR count). The topological polar surface area (TPSA) is 34.0 Å². The molecular formula is C18H20N4. The molecule has 0 amide bonds. The normalized spacial score (nSPS) is 15.2. The highest BCUT2D eigenvalue weighted by Crippen LogP contribution is 2.21. The van der Waals surface area contributed by atoms with Gasteiger partial charge in [0.25, 0.3) is 0 Å². The van der Waals surface area contributed by atoms with E-state index in [9.17, 15) is 0 Å². The first-order valence-electron chi connectivity index (χ1n) is 7.80. The van der Waals surface area contributed by atoms with Gasteiger partial charge in [0.2, 0.25) is 0 Å². The first-order valence-corrected chi connectivity index (χ1v) is 7.80. The van der Waals surface area contributed by atoms with Crippen molar-refractivity contribution in [2.75, 3.05) is 6.54 Å². The molecule has 0 spiro atoms. The molecule has 112 valence electrons. The number of imidazole rings is 1. The molecule has 0 atom stereocenters. The van der Waals surface area contributed by atoms with E-state index >= 15 is 0 Å². The van der Waals surface area contributed by atoms with Crippen molar-refractivity contribution in [2.45, 2.75) is 33.5 Å². The van der Waals surface area contributed by atoms with Crippen molar-refractivity contribution in [3.05, 3.63) is 59.3 Å². The van der Waals surface area contributed by atoms with Crippen molar-refractivity contribution in [3.63, 3.8) is 0 Å². The Hall–Kier alpha value is -2.20. The van der Waals surface area contributed by atoms with Crippen molar-refractivity contribution in [1.29, 1.82) is 0 Å². The number of hydrogen-bond acceptors (Lipinski definition) is 3. The van der Waals surface area contributed by atoms with Crippen LogP contribution in [0.2, 0.25) is 0 Å². The van der Waals surface area contributed by atoms with Gasteiger partial charge in [0.15, 0.2) is 0 Å². The maximum atomic E-state index is 4.71. The molecule has 0 saturated carbocycles. The predicted octanol–water partition coefficient (Wildman–Crippen LogP) is 3.06. The maximum absolute atomic E-state index is 4.71. The number of aromatic nitrogens is 3. The molecule has 1 aromatic carbocycles. The number of rotatable bonds is 2. The Morgan fingerprint density at radius 2 is 1.95 bits per heavy atom. The third-order valence-electron chi connectivity index (χ3n) is 4.65. The summed E-state index contributed by atoms with van der Waals surface area (Å²) in [4.78, 5) is 11.7. The summed E-state index contributed by atoms with van der Waals surface area (Å²) in [6, 6.07) is 10.6. The van der Waals surface area contributed by atoms with E-state index in [4.69, 9.17) is 4.98 Å². The van der Waals surface area contributed by atoms with Gasteiger partial charge in [0.1, 0.15) is 5.82 Å². The van der Waals surface area contributed by atoms with Crippen LogP contribution in [-0.2, 0) is 19.6 Å². The van der Waals surface area contributed by atoms with Gasteiger partial charge >= 0.3 is 0 Å². The smallest absolute Gasteiger partial charge is 0.123 e. The van der Waals surface area contributed by atoms with Gasteiger partial charge in [-0.25, -0.2) is 4.98 Å². The fraction of sp³-hybridized carbons (Fsp3) is 0.333. The molecule has 0 bridgehead atoms. The van der Waals surface area contributed by atoms with E-state index in [-0.39, 0.29) is 0 Å². The molecule has 0 radical (unpaired) electrons. The number of pyridine rings is 1. The Morgan fingerprint density at radius 3 is 2.86 bits per heavy atom. The van der Waals surface area contributed by atoms with Crippen LogP contribution in [0.5, 0.6) is 0 Å². The quantitative estimate of drug-likeness (QED) is 0.728. The van der Waals surface area contributed by atoms with Crippen LogP contribution in [0, 0.1) is 13.8 Å². The van der Waals surface area contributed by atoms with E-state index < -0.39 is 0 Å². The minimum Gasteiger partial charge on any atom is -0.330 e. The zero-order valence-corrected chi connectivity index (χ0v) is 13.1. The van der Waals surface area contributed by atoms with Crippen molar-refractivity contribution in [1.82, 2.24) is 19.4 Å². The van der Waals surface area contributed by atoms with Gasteiger partial charge in [0.05, 0.1) is 17.8 Å². The van der Waals surface area contributed by atoms with Gasteiger partial charge in [-0.15, -0.1) is 0 Å². The Bertz CT molecular complexity index is 829. The summed E-state index contributed by atoms with van der Waals surface area (Å²) >= 11 is 0. The molecule has 1 aliphatic heterocycles. The Morgan fingerprint density at radius 1 is 1.09 bits per heavy atom. The monoisotopic (exact) mass is 292 g/mol. The molecule has 0 saturated heterocycles. The Labute approximate surface area is 130 Å². The SMILES string of the molecule is Cc1nc2n(c1C)CCN(Cc1cccc3cccnc13)C2. The highest BCUT2D eigenvalue weighted by molar-refractivity contribution is 5.81. The van der Waals surface area contributed by atoms with Gasteiger partial charge in [-0.2, -0.15) is 0 Å². The van der Waals surface area contributed by atoms with Crippen LogP contribution < -0.4 is 0 Å². The van der Waals surface area contributed by atoms with Crippen molar-refractivity contribution in [3.8, 4) is 0 Å². The average Bonchev–Trinajstić information content (AvgIpc) is 2.82. The van der Waals surface area contributed by atoms with Crippen molar-refractivity contribution < 1.29 is 0 Å². The second-order valence-corrected chi connectivity index (χ2v) is 6.05. The zero-order chi connectivity index (χ0) is 15.1.